The average Bonchev–Trinajstić information content (AvgIpc) is 3.22. The van der Waals surface area contributed by atoms with Crippen molar-refractivity contribution in [2.75, 3.05) is 13.6 Å². The fourth-order valence-corrected chi connectivity index (χ4v) is 7.22. The first-order chi connectivity index (χ1) is 26.0. The van der Waals surface area contributed by atoms with E-state index in [9.17, 15) is 5.41 Å². The molecule has 1 aliphatic heterocycles. The van der Waals surface area contributed by atoms with E-state index < -0.39 is 0 Å². The fourth-order valence-electron chi connectivity index (χ4n) is 7.22. The van der Waals surface area contributed by atoms with Crippen LogP contribution < -0.4 is 0 Å². The molecule has 2 N–H and O–H groups in total. The van der Waals surface area contributed by atoms with Crippen LogP contribution in [0.25, 0.3) is 73.1 Å². The molecule has 0 bridgehead atoms. The Morgan fingerprint density at radius 2 is 1.26 bits per heavy atom. The van der Waals surface area contributed by atoms with E-state index in [0.717, 1.165) is 96.0 Å². The molecular weight excluding hydrogens is 649 g/mol. The van der Waals surface area contributed by atoms with Gasteiger partial charge in [0.25, 0.3) is 0 Å². The van der Waals surface area contributed by atoms with Gasteiger partial charge in [-0.1, -0.05) is 115 Å². The summed E-state index contributed by atoms with van der Waals surface area (Å²) in [6, 6.07) is 45.0. The van der Waals surface area contributed by atoms with Crippen molar-refractivity contribution in [1.29, 1.82) is 10.8 Å². The number of hydrogen-bond donors (Lipinski definition) is 2. The molecule has 7 aromatic rings. The predicted octanol–water partition coefficient (Wildman–Crippen LogP) is 10.5. The van der Waals surface area contributed by atoms with Crippen LogP contribution in [0.3, 0.4) is 0 Å². The molecule has 4 aromatic carbocycles. The van der Waals surface area contributed by atoms with E-state index in [2.05, 4.69) is 102 Å². The van der Waals surface area contributed by atoms with Crippen molar-refractivity contribution < 1.29 is 0 Å². The van der Waals surface area contributed by atoms with Crippen molar-refractivity contribution in [3.8, 4) is 44.9 Å². The molecule has 0 saturated heterocycles. The third-order valence-electron chi connectivity index (χ3n) is 9.96. The lowest BCUT2D eigenvalue weighted by atomic mass is 9.82. The van der Waals surface area contributed by atoms with Crippen LogP contribution in [0.2, 0.25) is 0 Å². The van der Waals surface area contributed by atoms with E-state index in [4.69, 9.17) is 15.4 Å². The largest absolute Gasteiger partial charge is 0.369 e. The standard InChI is InChI=1S/C47H34N6/c1-53-25-11-9-17-43(53)42-28-35(27-41(51-42)39-16-8-10-24-50-39)31-20-18-30(19-21-31)34-22-23-36-40(26-34)52-47(33-14-6-3-7-15-33)38-29-37(32-12-4-2-5-13-32)45(48)46(49)44(36)38/h2-24,26-29,48-49H,25H2,1H3. The lowest BCUT2D eigenvalue weighted by Crippen LogP contribution is -2.21. The van der Waals surface area contributed by atoms with Gasteiger partial charge in [0, 0.05) is 47.4 Å². The highest BCUT2D eigenvalue weighted by Gasteiger charge is 2.28. The third kappa shape index (κ3) is 5.86. The molecule has 3 aromatic heterocycles. The summed E-state index contributed by atoms with van der Waals surface area (Å²) in [6.07, 6.45) is 10.2. The van der Waals surface area contributed by atoms with Gasteiger partial charge in [0.1, 0.15) is 0 Å². The number of aromatic nitrogens is 3. The Labute approximate surface area is 308 Å². The maximum absolute atomic E-state index is 9.27. The van der Waals surface area contributed by atoms with Gasteiger partial charge in [0.15, 0.2) is 0 Å². The highest BCUT2D eigenvalue weighted by molar-refractivity contribution is 6.64. The first-order valence-electron chi connectivity index (χ1n) is 17.6. The van der Waals surface area contributed by atoms with Crippen molar-refractivity contribution in [3.05, 3.63) is 180 Å². The molecule has 0 fully saturated rings. The number of hydrogen-bond acceptors (Lipinski definition) is 6. The van der Waals surface area contributed by atoms with E-state index in [-0.39, 0.29) is 11.4 Å². The minimum absolute atomic E-state index is 0.205. The van der Waals surface area contributed by atoms with E-state index >= 15 is 0 Å². The Balaban J connectivity index is 1.14. The Hall–Kier alpha value is -7.05. The smallest absolute Gasteiger partial charge is 0.0900 e. The van der Waals surface area contributed by atoms with Gasteiger partial charge in [0.2, 0.25) is 0 Å². The third-order valence-corrected chi connectivity index (χ3v) is 9.96. The van der Waals surface area contributed by atoms with E-state index in [1.54, 1.807) is 6.20 Å². The maximum Gasteiger partial charge on any atom is 0.0900 e. The van der Waals surface area contributed by atoms with Crippen LogP contribution in [0.5, 0.6) is 0 Å². The van der Waals surface area contributed by atoms with Crippen molar-refractivity contribution >= 4 is 39.7 Å². The molecule has 252 valence electrons. The Morgan fingerprint density at radius 1 is 0.585 bits per heavy atom. The van der Waals surface area contributed by atoms with Crippen molar-refractivity contribution in [3.63, 3.8) is 0 Å². The van der Waals surface area contributed by atoms with E-state index in [0.29, 0.717) is 0 Å². The number of benzene rings is 4. The molecule has 0 spiro atoms. The van der Waals surface area contributed by atoms with Gasteiger partial charge < -0.3 is 4.90 Å². The van der Waals surface area contributed by atoms with Crippen LogP contribution in [-0.2, 0) is 0 Å². The van der Waals surface area contributed by atoms with Gasteiger partial charge >= 0.3 is 0 Å². The van der Waals surface area contributed by atoms with Crippen LogP contribution in [0.4, 0.5) is 0 Å². The van der Waals surface area contributed by atoms with Crippen LogP contribution in [0.1, 0.15) is 22.4 Å². The number of pyridine rings is 3. The average molecular weight is 683 g/mol. The summed E-state index contributed by atoms with van der Waals surface area (Å²) in [5.74, 6) is 0. The molecule has 6 nitrogen and oxygen atoms in total. The second kappa shape index (κ2) is 13.2. The molecule has 9 rings (SSSR count). The van der Waals surface area contributed by atoms with Gasteiger partial charge in [-0.05, 0) is 70.3 Å². The summed E-state index contributed by atoms with van der Waals surface area (Å²) in [4.78, 5) is 17.1. The number of allylic oxidation sites excluding steroid dienone is 3. The summed E-state index contributed by atoms with van der Waals surface area (Å²) in [6.45, 7) is 0.830. The molecule has 4 heterocycles. The van der Waals surface area contributed by atoms with Crippen LogP contribution in [0, 0.1) is 10.8 Å². The number of nitrogens with zero attached hydrogens (tertiary/aromatic N) is 4. The van der Waals surface area contributed by atoms with Gasteiger partial charge in [-0.2, -0.15) is 0 Å². The van der Waals surface area contributed by atoms with Gasteiger partial charge in [0.05, 0.1) is 45.4 Å². The van der Waals surface area contributed by atoms with Crippen molar-refractivity contribution in [2.45, 2.75) is 0 Å². The lowest BCUT2D eigenvalue weighted by Gasteiger charge is -2.24. The van der Waals surface area contributed by atoms with Gasteiger partial charge in [-0.15, -0.1) is 0 Å². The first kappa shape index (κ1) is 31.9. The molecule has 0 atom stereocenters. The lowest BCUT2D eigenvalue weighted by molar-refractivity contribution is 0.529. The minimum Gasteiger partial charge on any atom is -0.369 e. The Morgan fingerprint density at radius 3 is 1.98 bits per heavy atom. The molecule has 0 saturated carbocycles. The topological polar surface area (TPSA) is 89.6 Å². The molecule has 2 aliphatic rings. The van der Waals surface area contributed by atoms with Gasteiger partial charge in [-0.25, -0.2) is 9.97 Å². The van der Waals surface area contributed by atoms with Crippen LogP contribution in [-0.4, -0.2) is 44.9 Å². The first-order valence-corrected chi connectivity index (χ1v) is 17.6. The predicted molar refractivity (Wildman–Crippen MR) is 218 cm³/mol. The zero-order valence-corrected chi connectivity index (χ0v) is 29.1. The Kier molecular flexibility index (Phi) is 7.97. The normalized spacial score (nSPS) is 13.9. The molecule has 53 heavy (non-hydrogen) atoms. The molecular formula is C47H34N6. The number of likely N-dealkylation sites (N-methyl/N-ethyl adjacent to an activating group) is 1. The monoisotopic (exact) mass is 682 g/mol. The molecule has 1 aliphatic carbocycles. The Bertz CT molecular complexity index is 2660. The zero-order chi connectivity index (χ0) is 35.9. The molecule has 0 unspecified atom stereocenters. The number of nitrogens with one attached hydrogen (secondary N) is 2. The highest BCUT2D eigenvalue weighted by atomic mass is 15.1. The SMILES string of the molecule is CN1CC=CC=C1c1cc(-c2ccc(-c3ccc4c5c(c(-c6ccccc6)nc4c3)C=C(c3ccccc3)C(=N)C5=N)cc2)cc(-c2ccccn2)n1. The van der Waals surface area contributed by atoms with Crippen molar-refractivity contribution in [1.82, 2.24) is 19.9 Å². The molecule has 0 radical (unpaired) electrons. The van der Waals surface area contributed by atoms with Crippen LogP contribution >= 0.6 is 0 Å². The summed E-state index contributed by atoms with van der Waals surface area (Å²) in [7, 11) is 2.08. The minimum atomic E-state index is 0.205. The fraction of sp³-hybridized carbons (Fsp3) is 0.0426. The maximum atomic E-state index is 9.27. The highest BCUT2D eigenvalue weighted by Crippen LogP contribution is 2.39. The quantitative estimate of drug-likeness (QED) is 0.183. The molecule has 6 heteroatoms. The van der Waals surface area contributed by atoms with Crippen LogP contribution in [0.15, 0.2) is 158 Å². The zero-order valence-electron chi connectivity index (χ0n) is 29.1. The summed E-state index contributed by atoms with van der Waals surface area (Å²) < 4.78 is 0. The van der Waals surface area contributed by atoms with E-state index in [1.165, 1.54) is 0 Å². The number of fused-ring (bicyclic) bond motifs is 3. The summed E-state index contributed by atoms with van der Waals surface area (Å²) in [5.41, 5.74) is 14.1. The molecule has 0 amide bonds. The summed E-state index contributed by atoms with van der Waals surface area (Å²) >= 11 is 0. The second-order valence-corrected chi connectivity index (χ2v) is 13.3. The summed E-state index contributed by atoms with van der Waals surface area (Å²) in [5, 5.41) is 19.2. The van der Waals surface area contributed by atoms with Gasteiger partial charge in [-0.3, -0.25) is 15.8 Å². The van der Waals surface area contributed by atoms with Crippen molar-refractivity contribution in [2.24, 2.45) is 0 Å². The second-order valence-electron chi connectivity index (χ2n) is 13.3. The number of rotatable bonds is 6. The van der Waals surface area contributed by atoms with E-state index in [1.807, 2.05) is 72.8 Å².